The third-order valence-electron chi connectivity index (χ3n) is 5.44. The number of aromatic amines is 1. The van der Waals surface area contributed by atoms with Crippen molar-refractivity contribution in [2.24, 2.45) is 0 Å². The number of nitrogens with one attached hydrogen (secondary N) is 2. The van der Waals surface area contributed by atoms with E-state index in [0.717, 1.165) is 28.6 Å². The highest BCUT2D eigenvalue weighted by atomic mass is 32.2. The summed E-state index contributed by atoms with van der Waals surface area (Å²) in [6.45, 7) is 4.85. The van der Waals surface area contributed by atoms with E-state index in [0.29, 0.717) is 17.7 Å². The fraction of sp³-hybridized carbons (Fsp3) is 0.409. The minimum atomic E-state index is -0.00833. The lowest BCUT2D eigenvalue weighted by molar-refractivity contribution is -0.118. The van der Waals surface area contributed by atoms with Crippen molar-refractivity contribution in [2.45, 2.75) is 51.2 Å². The average molecular weight is 411 g/mol. The maximum absolute atomic E-state index is 12.1. The summed E-state index contributed by atoms with van der Waals surface area (Å²) in [5.74, 6) is 0.735. The fourth-order valence-corrected chi connectivity index (χ4v) is 4.24. The van der Waals surface area contributed by atoms with Crippen molar-refractivity contribution in [3.05, 3.63) is 41.1 Å². The Balaban J connectivity index is 1.30. The molecule has 152 valence electrons. The van der Waals surface area contributed by atoms with E-state index in [1.807, 2.05) is 12.1 Å². The van der Waals surface area contributed by atoms with E-state index in [4.69, 9.17) is 4.42 Å². The number of allylic oxidation sites excluding steroid dienone is 1. The molecule has 2 aromatic heterocycles. The molecule has 0 saturated carbocycles. The van der Waals surface area contributed by atoms with Crippen molar-refractivity contribution < 1.29 is 9.21 Å². The normalized spacial score (nSPS) is 14.2. The van der Waals surface area contributed by atoms with Crippen LogP contribution in [0.25, 0.3) is 22.4 Å². The first-order valence-corrected chi connectivity index (χ1v) is 11.1. The topological polar surface area (TPSA) is 83.8 Å². The van der Waals surface area contributed by atoms with Gasteiger partial charge in [-0.2, -0.15) is 0 Å². The van der Waals surface area contributed by atoms with Gasteiger partial charge in [-0.05, 0) is 69.7 Å². The maximum atomic E-state index is 12.1. The molecule has 2 heterocycles. The molecule has 6 nitrogen and oxygen atoms in total. The van der Waals surface area contributed by atoms with Crippen LogP contribution in [0.4, 0.5) is 0 Å². The Morgan fingerprint density at radius 2 is 2.17 bits per heavy atom. The lowest BCUT2D eigenvalue weighted by Gasteiger charge is -2.12. The smallest absolute Gasteiger partial charge is 0.277 e. The first kappa shape index (κ1) is 19.8. The number of rotatable bonds is 7. The van der Waals surface area contributed by atoms with Gasteiger partial charge in [0.15, 0.2) is 0 Å². The fourth-order valence-electron chi connectivity index (χ4n) is 3.65. The number of aryl methyl sites for hydroxylation is 2. The van der Waals surface area contributed by atoms with Gasteiger partial charge in [-0.15, -0.1) is 10.2 Å². The van der Waals surface area contributed by atoms with Gasteiger partial charge in [0.1, 0.15) is 0 Å². The summed E-state index contributed by atoms with van der Waals surface area (Å²) >= 11 is 1.27. The first-order valence-electron chi connectivity index (χ1n) is 10.1. The third-order valence-corrected chi connectivity index (χ3v) is 6.26. The zero-order valence-electron chi connectivity index (χ0n) is 16.9. The Kier molecular flexibility index (Phi) is 6.04. The summed E-state index contributed by atoms with van der Waals surface area (Å²) in [6, 6.07) is 6.05. The molecule has 0 saturated heterocycles. The minimum Gasteiger partial charge on any atom is -0.411 e. The summed E-state index contributed by atoms with van der Waals surface area (Å²) in [4.78, 5) is 15.4. The van der Waals surface area contributed by atoms with Crippen LogP contribution in [0.1, 0.15) is 43.4 Å². The Bertz CT molecular complexity index is 1050. The summed E-state index contributed by atoms with van der Waals surface area (Å²) in [6.07, 6.45) is 8.17. The second-order valence-electron chi connectivity index (χ2n) is 7.51. The summed E-state index contributed by atoms with van der Waals surface area (Å²) in [5, 5.41) is 12.8. The van der Waals surface area contributed by atoms with Crippen LogP contribution >= 0.6 is 11.8 Å². The Hall–Kier alpha value is -2.54. The van der Waals surface area contributed by atoms with Crippen LogP contribution in [0, 0.1) is 13.8 Å². The molecular weight excluding hydrogens is 384 g/mol. The van der Waals surface area contributed by atoms with E-state index >= 15 is 0 Å². The zero-order chi connectivity index (χ0) is 20.2. The molecule has 1 amide bonds. The monoisotopic (exact) mass is 410 g/mol. The predicted molar refractivity (Wildman–Crippen MR) is 116 cm³/mol. The Morgan fingerprint density at radius 3 is 3.00 bits per heavy atom. The highest BCUT2D eigenvalue weighted by Crippen LogP contribution is 2.28. The molecule has 3 aromatic rings. The van der Waals surface area contributed by atoms with E-state index in [1.54, 1.807) is 0 Å². The molecule has 0 bridgehead atoms. The molecule has 7 heteroatoms. The molecule has 1 aliphatic rings. The second kappa shape index (κ2) is 8.86. The van der Waals surface area contributed by atoms with Crippen molar-refractivity contribution in [3.8, 4) is 11.5 Å². The van der Waals surface area contributed by atoms with E-state index in [9.17, 15) is 4.79 Å². The molecule has 0 radical (unpaired) electrons. The Labute approximate surface area is 174 Å². The molecule has 0 unspecified atom stereocenters. The van der Waals surface area contributed by atoms with Crippen LogP contribution in [0.5, 0.6) is 0 Å². The van der Waals surface area contributed by atoms with Gasteiger partial charge in [-0.3, -0.25) is 4.79 Å². The van der Waals surface area contributed by atoms with Crippen LogP contribution in [-0.4, -0.2) is 33.4 Å². The van der Waals surface area contributed by atoms with E-state index in [2.05, 4.69) is 46.5 Å². The first-order chi connectivity index (χ1) is 14.1. The number of nitrogens with zero attached hydrogens (tertiary/aromatic N) is 2. The number of carbonyl (C=O) groups excluding carboxylic acids is 1. The number of carbonyl (C=O) groups is 1. The van der Waals surface area contributed by atoms with E-state index in [1.165, 1.54) is 48.6 Å². The number of thioether (sulfide) groups is 1. The molecule has 4 rings (SSSR count). The molecule has 1 aliphatic carbocycles. The van der Waals surface area contributed by atoms with Crippen molar-refractivity contribution in [1.29, 1.82) is 0 Å². The van der Waals surface area contributed by atoms with Crippen LogP contribution < -0.4 is 5.32 Å². The lowest BCUT2D eigenvalue weighted by atomic mass is 9.97. The number of hydrogen-bond donors (Lipinski definition) is 2. The molecule has 0 aliphatic heterocycles. The van der Waals surface area contributed by atoms with Gasteiger partial charge in [0.2, 0.25) is 11.8 Å². The molecule has 0 spiro atoms. The van der Waals surface area contributed by atoms with Crippen LogP contribution in [0.2, 0.25) is 0 Å². The Morgan fingerprint density at radius 1 is 1.28 bits per heavy atom. The average Bonchev–Trinajstić information content (AvgIpc) is 3.32. The van der Waals surface area contributed by atoms with E-state index in [-0.39, 0.29) is 11.7 Å². The van der Waals surface area contributed by atoms with Gasteiger partial charge in [-0.1, -0.05) is 23.4 Å². The van der Waals surface area contributed by atoms with Gasteiger partial charge < -0.3 is 14.7 Å². The zero-order valence-corrected chi connectivity index (χ0v) is 17.7. The van der Waals surface area contributed by atoms with Crippen molar-refractivity contribution in [3.63, 3.8) is 0 Å². The number of hydrogen-bond acceptors (Lipinski definition) is 5. The van der Waals surface area contributed by atoms with Gasteiger partial charge in [0, 0.05) is 28.7 Å². The molecule has 1 aromatic carbocycles. The summed E-state index contributed by atoms with van der Waals surface area (Å²) in [5.41, 5.74) is 5.82. The number of H-pyrrole nitrogens is 1. The summed E-state index contributed by atoms with van der Waals surface area (Å²) < 4.78 is 5.76. The van der Waals surface area contributed by atoms with Gasteiger partial charge in [0.05, 0.1) is 5.75 Å². The quantitative estimate of drug-likeness (QED) is 0.426. The number of aromatic nitrogens is 3. The van der Waals surface area contributed by atoms with Crippen molar-refractivity contribution in [1.82, 2.24) is 20.5 Å². The highest BCUT2D eigenvalue weighted by Gasteiger charge is 2.13. The minimum absolute atomic E-state index is 0.00833. The number of fused-ring (bicyclic) bond motifs is 1. The molecule has 2 N–H and O–H groups in total. The lowest BCUT2D eigenvalue weighted by Crippen LogP contribution is -2.26. The van der Waals surface area contributed by atoms with Crippen molar-refractivity contribution in [2.75, 3.05) is 12.3 Å². The van der Waals surface area contributed by atoms with Crippen LogP contribution in [0.3, 0.4) is 0 Å². The summed E-state index contributed by atoms with van der Waals surface area (Å²) in [7, 11) is 0. The molecule has 29 heavy (non-hydrogen) atoms. The molecular formula is C22H26N4O2S. The van der Waals surface area contributed by atoms with Gasteiger partial charge in [0.25, 0.3) is 5.22 Å². The number of benzene rings is 1. The van der Waals surface area contributed by atoms with Crippen molar-refractivity contribution >= 4 is 28.6 Å². The highest BCUT2D eigenvalue weighted by molar-refractivity contribution is 7.99. The van der Waals surface area contributed by atoms with Crippen LogP contribution in [0.15, 0.2) is 39.5 Å². The SMILES string of the molecule is Cc1[nH]c2ccc(-c3nnc(SCC(=O)NCCC4=CCCCC4)o3)cc2c1C. The van der Waals surface area contributed by atoms with Gasteiger partial charge >= 0.3 is 0 Å². The number of amides is 1. The standard InChI is InChI=1S/C22H26N4O2S/c1-14-15(2)24-19-9-8-17(12-18(14)19)21-25-26-22(28-21)29-13-20(27)23-11-10-16-6-4-3-5-7-16/h6,8-9,12,24H,3-5,7,10-11,13H2,1-2H3,(H,23,27). The molecule has 0 fully saturated rings. The third kappa shape index (κ3) is 4.72. The second-order valence-corrected chi connectivity index (χ2v) is 8.43. The largest absolute Gasteiger partial charge is 0.411 e. The maximum Gasteiger partial charge on any atom is 0.277 e. The van der Waals surface area contributed by atoms with Crippen LogP contribution in [-0.2, 0) is 4.79 Å². The van der Waals surface area contributed by atoms with E-state index < -0.39 is 0 Å². The predicted octanol–water partition coefficient (Wildman–Crippen LogP) is 4.93. The van der Waals surface area contributed by atoms with Gasteiger partial charge in [-0.25, -0.2) is 0 Å². The molecule has 0 atom stereocenters.